The second-order valence-electron chi connectivity index (χ2n) is 6.07. The van der Waals surface area contributed by atoms with Crippen molar-refractivity contribution in [3.05, 3.63) is 61.0 Å². The molecule has 2 aromatic carbocycles. The number of carboxylic acid groups (broad SMARTS) is 1. The van der Waals surface area contributed by atoms with Crippen LogP contribution < -0.4 is 5.32 Å². The number of aromatic carboxylic acids is 1. The first kappa shape index (κ1) is 25.9. The zero-order valence-corrected chi connectivity index (χ0v) is 20.3. The predicted molar refractivity (Wildman–Crippen MR) is 122 cm³/mol. The summed E-state index contributed by atoms with van der Waals surface area (Å²) in [4.78, 5) is 24.4. The number of nitrogens with one attached hydrogen (secondary N) is 1. The van der Waals surface area contributed by atoms with Crippen molar-refractivity contribution in [3.8, 4) is 0 Å². The van der Waals surface area contributed by atoms with Gasteiger partial charge in [0.2, 0.25) is 0 Å². The lowest BCUT2D eigenvalue weighted by atomic mass is 10.1. The fourth-order valence-corrected chi connectivity index (χ4v) is 5.40. The molecule has 0 spiro atoms. The molecule has 0 unspecified atom stereocenters. The van der Waals surface area contributed by atoms with E-state index in [9.17, 15) is 19.3 Å². The number of hydrogen-bond acceptors (Lipinski definition) is 5. The molecule has 0 heterocycles. The number of hydrogen-bond donors (Lipinski definition) is 2. The van der Waals surface area contributed by atoms with Crippen LogP contribution in [-0.4, -0.2) is 30.2 Å². The Labute approximate surface area is 199 Å². The van der Waals surface area contributed by atoms with Gasteiger partial charge in [-0.15, -0.1) is 0 Å². The van der Waals surface area contributed by atoms with Gasteiger partial charge >= 0.3 is 13.6 Å². The Balaban J connectivity index is 2.30. The molecule has 0 saturated carbocycles. The van der Waals surface area contributed by atoms with E-state index in [1.807, 2.05) is 0 Å². The van der Waals surface area contributed by atoms with Gasteiger partial charge in [-0.25, -0.2) is 4.79 Å². The Kier molecular flexibility index (Phi) is 9.22. The SMILES string of the molecule is CCOP(=O)(Cc1ccc(NC(=O)c2c(Cl)c(Cl)c(Cl)c(Cl)c2C(=O)O)cc1)OCC. The normalized spacial score (nSPS) is 11.4. The molecular weight excluding hydrogens is 511 g/mol. The topological polar surface area (TPSA) is 102 Å². The number of amides is 1. The molecule has 0 aliphatic rings. The van der Waals surface area contributed by atoms with Crippen LogP contribution in [-0.2, 0) is 19.8 Å². The van der Waals surface area contributed by atoms with Crippen LogP contribution in [0, 0.1) is 0 Å². The van der Waals surface area contributed by atoms with Gasteiger partial charge in [-0.3, -0.25) is 9.36 Å². The molecule has 31 heavy (non-hydrogen) atoms. The third-order valence-corrected chi connectivity index (χ3v) is 7.81. The Bertz CT molecular complexity index is 1030. The summed E-state index contributed by atoms with van der Waals surface area (Å²) in [6.45, 7) is 3.92. The highest BCUT2D eigenvalue weighted by Gasteiger charge is 2.29. The van der Waals surface area contributed by atoms with Crippen molar-refractivity contribution < 1.29 is 28.3 Å². The van der Waals surface area contributed by atoms with E-state index in [-0.39, 0.29) is 34.4 Å². The second kappa shape index (κ2) is 11.0. The van der Waals surface area contributed by atoms with E-state index >= 15 is 0 Å². The van der Waals surface area contributed by atoms with Crippen LogP contribution in [0.4, 0.5) is 5.69 Å². The number of rotatable bonds is 9. The molecule has 0 aliphatic heterocycles. The number of carboxylic acids is 1. The maximum Gasteiger partial charge on any atom is 0.338 e. The molecular formula is C19H18Cl4NO6P. The van der Waals surface area contributed by atoms with Gasteiger partial charge in [0, 0.05) is 5.69 Å². The number of carbonyl (C=O) groups is 2. The number of carbonyl (C=O) groups excluding carboxylic acids is 1. The van der Waals surface area contributed by atoms with Gasteiger partial charge in [0.25, 0.3) is 5.91 Å². The van der Waals surface area contributed by atoms with Gasteiger partial charge in [0.1, 0.15) is 0 Å². The number of benzene rings is 2. The summed E-state index contributed by atoms with van der Waals surface area (Å²) >= 11 is 23.9. The molecule has 2 N–H and O–H groups in total. The van der Waals surface area contributed by atoms with Crippen LogP contribution >= 0.6 is 54.0 Å². The molecule has 168 valence electrons. The Morgan fingerprint density at radius 3 is 1.84 bits per heavy atom. The molecule has 7 nitrogen and oxygen atoms in total. The minimum absolute atomic E-state index is 0.0559. The maximum absolute atomic E-state index is 12.8. The zero-order chi connectivity index (χ0) is 23.3. The van der Waals surface area contributed by atoms with Crippen LogP contribution in [0.2, 0.25) is 20.1 Å². The summed E-state index contributed by atoms with van der Waals surface area (Å²) < 4.78 is 23.2. The molecule has 2 rings (SSSR count). The highest BCUT2D eigenvalue weighted by atomic mass is 35.5. The summed E-state index contributed by atoms with van der Waals surface area (Å²) in [6.07, 6.45) is 0.0559. The summed E-state index contributed by atoms with van der Waals surface area (Å²) in [5, 5.41) is 10.8. The first-order valence-electron chi connectivity index (χ1n) is 8.92. The molecule has 0 bridgehead atoms. The van der Waals surface area contributed by atoms with Crippen LogP contribution in [0.3, 0.4) is 0 Å². The van der Waals surface area contributed by atoms with Crippen LogP contribution in [0.25, 0.3) is 0 Å². The third kappa shape index (κ3) is 6.14. The molecule has 1 amide bonds. The highest BCUT2D eigenvalue weighted by Crippen LogP contribution is 2.51. The van der Waals surface area contributed by atoms with Crippen molar-refractivity contribution in [3.63, 3.8) is 0 Å². The van der Waals surface area contributed by atoms with Crippen molar-refractivity contribution in [2.45, 2.75) is 20.0 Å². The van der Waals surface area contributed by atoms with E-state index in [0.29, 0.717) is 11.3 Å². The molecule has 0 saturated heterocycles. The Morgan fingerprint density at radius 1 is 0.903 bits per heavy atom. The van der Waals surface area contributed by atoms with Crippen molar-refractivity contribution in [2.24, 2.45) is 0 Å². The van der Waals surface area contributed by atoms with Gasteiger partial charge in [0.15, 0.2) is 0 Å². The largest absolute Gasteiger partial charge is 0.478 e. The maximum atomic E-state index is 12.8. The van der Waals surface area contributed by atoms with E-state index in [0.717, 1.165) is 0 Å². The zero-order valence-electron chi connectivity index (χ0n) is 16.4. The monoisotopic (exact) mass is 527 g/mol. The number of anilines is 1. The van der Waals surface area contributed by atoms with E-state index in [1.54, 1.807) is 38.1 Å². The van der Waals surface area contributed by atoms with Crippen molar-refractivity contribution >= 4 is 71.6 Å². The minimum atomic E-state index is -3.28. The third-order valence-electron chi connectivity index (χ3n) is 3.95. The lowest BCUT2D eigenvalue weighted by Gasteiger charge is -2.17. The van der Waals surface area contributed by atoms with Gasteiger partial charge in [-0.05, 0) is 31.5 Å². The van der Waals surface area contributed by atoms with Crippen LogP contribution in [0.15, 0.2) is 24.3 Å². The average Bonchev–Trinajstić information content (AvgIpc) is 2.70. The number of halogens is 4. The predicted octanol–water partition coefficient (Wildman–Crippen LogP) is 7.02. The van der Waals surface area contributed by atoms with Gasteiger partial charge in [-0.2, -0.15) is 0 Å². The van der Waals surface area contributed by atoms with Crippen LogP contribution in [0.1, 0.15) is 40.1 Å². The first-order valence-corrected chi connectivity index (χ1v) is 12.2. The lowest BCUT2D eigenvalue weighted by Crippen LogP contribution is -2.18. The summed E-state index contributed by atoms with van der Waals surface area (Å²) in [7, 11) is -3.28. The van der Waals surface area contributed by atoms with Gasteiger partial charge in [-0.1, -0.05) is 58.5 Å². The summed E-state index contributed by atoms with van der Waals surface area (Å²) in [5.74, 6) is -2.33. The van der Waals surface area contributed by atoms with E-state index < -0.39 is 35.6 Å². The van der Waals surface area contributed by atoms with Crippen molar-refractivity contribution in [1.82, 2.24) is 0 Å². The molecule has 2 aromatic rings. The molecule has 0 fully saturated rings. The van der Waals surface area contributed by atoms with Gasteiger partial charge in [0.05, 0.1) is 50.6 Å². The van der Waals surface area contributed by atoms with Crippen LogP contribution in [0.5, 0.6) is 0 Å². The molecule has 0 aliphatic carbocycles. The van der Waals surface area contributed by atoms with E-state index in [1.165, 1.54) is 0 Å². The standard InChI is InChI=1S/C19H18Cl4NO6P/c1-3-29-31(28,30-4-2)9-10-5-7-11(8-6-10)24-18(25)12-13(19(26)27)15(21)17(23)16(22)14(12)20/h5-8H,3-4,9H2,1-2H3,(H,24,25)(H,26,27). The molecule has 0 atom stereocenters. The quantitative estimate of drug-likeness (QED) is 0.206. The molecule has 0 radical (unpaired) electrons. The Hall–Kier alpha value is -1.31. The molecule has 0 aromatic heterocycles. The lowest BCUT2D eigenvalue weighted by molar-refractivity contribution is 0.0692. The summed E-state index contributed by atoms with van der Waals surface area (Å²) in [6, 6.07) is 6.34. The summed E-state index contributed by atoms with van der Waals surface area (Å²) in [5.41, 5.74) is -0.00420. The second-order valence-corrected chi connectivity index (χ2v) is 9.63. The first-order chi connectivity index (χ1) is 14.5. The highest BCUT2D eigenvalue weighted by molar-refractivity contribution is 7.53. The van der Waals surface area contributed by atoms with E-state index in [2.05, 4.69) is 5.32 Å². The molecule has 12 heteroatoms. The fraction of sp³-hybridized carbons (Fsp3) is 0.263. The Morgan fingerprint density at radius 2 is 1.39 bits per heavy atom. The smallest absolute Gasteiger partial charge is 0.338 e. The van der Waals surface area contributed by atoms with E-state index in [4.69, 9.17) is 55.5 Å². The van der Waals surface area contributed by atoms with Crippen molar-refractivity contribution in [1.29, 1.82) is 0 Å². The minimum Gasteiger partial charge on any atom is -0.478 e. The van der Waals surface area contributed by atoms with Gasteiger partial charge < -0.3 is 19.5 Å². The van der Waals surface area contributed by atoms with Crippen molar-refractivity contribution in [2.75, 3.05) is 18.5 Å². The average molecular weight is 529 g/mol. The fourth-order valence-electron chi connectivity index (χ4n) is 2.68.